The van der Waals surface area contributed by atoms with Crippen LogP contribution in [0.4, 0.5) is 10.2 Å². The van der Waals surface area contributed by atoms with Crippen LogP contribution in [-0.4, -0.2) is 42.1 Å². The zero-order chi connectivity index (χ0) is 19.9. The summed E-state index contributed by atoms with van der Waals surface area (Å²) in [6, 6.07) is 16.5. The molecule has 0 aliphatic carbocycles. The van der Waals surface area contributed by atoms with Crippen molar-refractivity contribution in [2.24, 2.45) is 0 Å². The molecule has 5 nitrogen and oxygen atoms in total. The van der Waals surface area contributed by atoms with Crippen LogP contribution in [0.2, 0.25) is 0 Å². The molecule has 0 radical (unpaired) electrons. The van der Waals surface area contributed by atoms with Gasteiger partial charge in [-0.3, -0.25) is 0 Å². The third-order valence-electron chi connectivity index (χ3n) is 4.34. The predicted octanol–water partition coefficient (Wildman–Crippen LogP) is 4.28. The van der Waals surface area contributed by atoms with Crippen molar-refractivity contribution in [3.63, 3.8) is 0 Å². The fourth-order valence-electron chi connectivity index (χ4n) is 2.80. The summed E-state index contributed by atoms with van der Waals surface area (Å²) < 4.78 is 19.2. The Balaban J connectivity index is 1.82. The molecule has 0 N–H and O–H groups in total. The highest BCUT2D eigenvalue weighted by Gasteiger charge is 2.12. The summed E-state index contributed by atoms with van der Waals surface area (Å²) >= 11 is 0. The molecule has 0 saturated heterocycles. The van der Waals surface area contributed by atoms with Gasteiger partial charge in [-0.2, -0.15) is 0 Å². The number of aromatic nitrogens is 2. The first kappa shape index (κ1) is 19.8. The van der Waals surface area contributed by atoms with Crippen molar-refractivity contribution in [2.45, 2.75) is 13.5 Å². The standard InChI is InChI=1S/C22H25FN4O/c1-17-13-19(23)9-10-20(17)28-22-14-21(24-16-25-22)27(12-11-26(2)3)15-18-7-5-4-6-8-18/h4-10,13-14,16H,11-12,15H2,1-3H3. The molecule has 0 saturated carbocycles. The van der Waals surface area contributed by atoms with Crippen LogP contribution in [0.3, 0.4) is 0 Å². The molecular formula is C22H25FN4O. The van der Waals surface area contributed by atoms with Crippen molar-refractivity contribution in [1.29, 1.82) is 0 Å². The maximum Gasteiger partial charge on any atom is 0.224 e. The Hall–Kier alpha value is -2.99. The van der Waals surface area contributed by atoms with Crippen molar-refractivity contribution in [1.82, 2.24) is 14.9 Å². The largest absolute Gasteiger partial charge is 0.439 e. The predicted molar refractivity (Wildman–Crippen MR) is 109 cm³/mol. The van der Waals surface area contributed by atoms with Crippen LogP contribution in [0.15, 0.2) is 60.9 Å². The Morgan fingerprint density at radius 1 is 0.964 bits per heavy atom. The molecule has 3 rings (SSSR count). The van der Waals surface area contributed by atoms with Gasteiger partial charge >= 0.3 is 0 Å². The lowest BCUT2D eigenvalue weighted by Crippen LogP contribution is -2.32. The lowest BCUT2D eigenvalue weighted by atomic mass is 10.2. The van der Waals surface area contributed by atoms with E-state index in [1.54, 1.807) is 13.0 Å². The number of benzene rings is 2. The Morgan fingerprint density at radius 3 is 2.46 bits per heavy atom. The fourth-order valence-corrected chi connectivity index (χ4v) is 2.80. The van der Waals surface area contributed by atoms with Gasteiger partial charge in [0, 0.05) is 25.7 Å². The molecule has 0 amide bonds. The highest BCUT2D eigenvalue weighted by molar-refractivity contribution is 5.44. The van der Waals surface area contributed by atoms with E-state index in [4.69, 9.17) is 4.74 Å². The number of hydrogen-bond acceptors (Lipinski definition) is 5. The summed E-state index contributed by atoms with van der Waals surface area (Å²) in [7, 11) is 4.10. The average Bonchev–Trinajstić information content (AvgIpc) is 2.68. The summed E-state index contributed by atoms with van der Waals surface area (Å²) in [5, 5.41) is 0. The molecule has 2 aromatic carbocycles. The smallest absolute Gasteiger partial charge is 0.224 e. The number of ether oxygens (including phenoxy) is 1. The highest BCUT2D eigenvalue weighted by atomic mass is 19.1. The van der Waals surface area contributed by atoms with Crippen molar-refractivity contribution in [3.8, 4) is 11.6 Å². The highest BCUT2D eigenvalue weighted by Crippen LogP contribution is 2.26. The topological polar surface area (TPSA) is 41.5 Å². The number of halogens is 1. The lowest BCUT2D eigenvalue weighted by molar-refractivity contribution is 0.411. The summed E-state index contributed by atoms with van der Waals surface area (Å²) in [5.41, 5.74) is 1.92. The molecule has 0 atom stereocenters. The summed E-state index contributed by atoms with van der Waals surface area (Å²) in [6.07, 6.45) is 1.50. The van der Waals surface area contributed by atoms with Gasteiger partial charge in [-0.1, -0.05) is 30.3 Å². The average molecular weight is 380 g/mol. The minimum absolute atomic E-state index is 0.286. The second kappa shape index (κ2) is 9.28. The molecule has 0 aliphatic rings. The summed E-state index contributed by atoms with van der Waals surface area (Å²) in [6.45, 7) is 4.25. The first-order chi connectivity index (χ1) is 13.5. The Morgan fingerprint density at radius 2 is 1.75 bits per heavy atom. The Labute approximate surface area is 165 Å². The number of hydrogen-bond donors (Lipinski definition) is 0. The molecule has 1 aromatic heterocycles. The van der Waals surface area contributed by atoms with Crippen molar-refractivity contribution in [3.05, 3.63) is 77.9 Å². The fraction of sp³-hybridized carbons (Fsp3) is 0.273. The number of nitrogens with zero attached hydrogens (tertiary/aromatic N) is 4. The molecule has 0 unspecified atom stereocenters. The van der Waals surface area contributed by atoms with Crippen molar-refractivity contribution in [2.75, 3.05) is 32.1 Å². The van der Waals surface area contributed by atoms with Crippen LogP contribution < -0.4 is 9.64 Å². The quantitative estimate of drug-likeness (QED) is 0.583. The SMILES string of the molecule is Cc1cc(F)ccc1Oc1cc(N(CCN(C)C)Cc2ccccc2)ncn1. The van der Waals surface area contributed by atoms with E-state index < -0.39 is 0 Å². The van der Waals surface area contributed by atoms with Gasteiger partial charge in [0.05, 0.1) is 0 Å². The van der Waals surface area contributed by atoms with E-state index in [1.807, 2.05) is 38.4 Å². The molecular weight excluding hydrogens is 355 g/mol. The van der Waals surface area contributed by atoms with Gasteiger partial charge in [-0.05, 0) is 50.3 Å². The van der Waals surface area contributed by atoms with E-state index in [2.05, 4.69) is 31.9 Å². The van der Waals surface area contributed by atoms with Gasteiger partial charge < -0.3 is 14.5 Å². The number of aryl methyl sites for hydroxylation is 1. The molecule has 0 fully saturated rings. The second-order valence-corrected chi connectivity index (χ2v) is 6.94. The number of anilines is 1. The lowest BCUT2D eigenvalue weighted by Gasteiger charge is -2.25. The van der Waals surface area contributed by atoms with E-state index in [1.165, 1.54) is 24.0 Å². The summed E-state index contributed by atoms with van der Waals surface area (Å²) in [4.78, 5) is 13.0. The van der Waals surface area contributed by atoms with Crippen LogP contribution in [0.25, 0.3) is 0 Å². The van der Waals surface area contributed by atoms with E-state index in [-0.39, 0.29) is 5.82 Å². The Kier molecular flexibility index (Phi) is 6.55. The maximum absolute atomic E-state index is 13.3. The van der Waals surface area contributed by atoms with E-state index in [0.29, 0.717) is 17.2 Å². The first-order valence-electron chi connectivity index (χ1n) is 9.21. The van der Waals surface area contributed by atoms with Gasteiger partial charge in [0.15, 0.2) is 0 Å². The van der Waals surface area contributed by atoms with Crippen LogP contribution in [0.5, 0.6) is 11.6 Å². The van der Waals surface area contributed by atoms with E-state index in [9.17, 15) is 4.39 Å². The zero-order valence-corrected chi connectivity index (χ0v) is 16.5. The minimum Gasteiger partial charge on any atom is -0.439 e. The molecule has 6 heteroatoms. The third-order valence-corrected chi connectivity index (χ3v) is 4.34. The molecule has 0 bridgehead atoms. The number of rotatable bonds is 8. The molecule has 0 spiro atoms. The van der Waals surface area contributed by atoms with Gasteiger partial charge in [0.1, 0.15) is 23.7 Å². The molecule has 3 aromatic rings. The molecule has 0 aliphatic heterocycles. The van der Waals surface area contributed by atoms with Crippen LogP contribution in [-0.2, 0) is 6.54 Å². The molecule has 146 valence electrons. The van der Waals surface area contributed by atoms with Gasteiger partial charge in [0.2, 0.25) is 5.88 Å². The minimum atomic E-state index is -0.286. The third kappa shape index (κ3) is 5.50. The Bertz CT molecular complexity index is 902. The van der Waals surface area contributed by atoms with Crippen LogP contribution >= 0.6 is 0 Å². The second-order valence-electron chi connectivity index (χ2n) is 6.94. The zero-order valence-electron chi connectivity index (χ0n) is 16.5. The van der Waals surface area contributed by atoms with E-state index in [0.717, 1.165) is 25.5 Å². The normalized spacial score (nSPS) is 10.9. The van der Waals surface area contributed by atoms with Gasteiger partial charge in [0.25, 0.3) is 0 Å². The first-order valence-corrected chi connectivity index (χ1v) is 9.21. The van der Waals surface area contributed by atoms with E-state index >= 15 is 0 Å². The van der Waals surface area contributed by atoms with Gasteiger partial charge in [-0.15, -0.1) is 0 Å². The number of likely N-dealkylation sites (N-methyl/N-ethyl adjacent to an activating group) is 1. The van der Waals surface area contributed by atoms with Crippen LogP contribution in [0, 0.1) is 12.7 Å². The van der Waals surface area contributed by atoms with Crippen LogP contribution in [0.1, 0.15) is 11.1 Å². The van der Waals surface area contributed by atoms with Gasteiger partial charge in [-0.25, -0.2) is 14.4 Å². The maximum atomic E-state index is 13.3. The summed E-state index contributed by atoms with van der Waals surface area (Å²) in [5.74, 6) is 1.51. The monoisotopic (exact) mass is 380 g/mol. The van der Waals surface area contributed by atoms with Crippen molar-refractivity contribution >= 4 is 5.82 Å². The van der Waals surface area contributed by atoms with Crippen molar-refractivity contribution < 1.29 is 9.13 Å². The molecule has 28 heavy (non-hydrogen) atoms. The molecule has 1 heterocycles.